The van der Waals surface area contributed by atoms with Crippen LogP contribution in [0.25, 0.3) is 16.7 Å². The molecule has 1 aromatic carbocycles. The number of benzene rings is 1. The summed E-state index contributed by atoms with van der Waals surface area (Å²) in [6, 6.07) is 11.6. The number of ketones is 1. The fraction of sp³-hybridized carbons (Fsp3) is 0.300. The molecular weight excluding hydrogens is 346 g/mol. The predicted octanol–water partition coefficient (Wildman–Crippen LogP) is 3.60. The number of para-hydroxylation sites is 2. The summed E-state index contributed by atoms with van der Waals surface area (Å²) < 4.78 is 1.78. The van der Waals surface area contributed by atoms with Gasteiger partial charge in [0, 0.05) is 31.6 Å². The van der Waals surface area contributed by atoms with Crippen molar-refractivity contribution in [2.24, 2.45) is 0 Å². The second-order valence-corrected chi connectivity index (χ2v) is 7.48. The van der Waals surface area contributed by atoms with E-state index < -0.39 is 0 Å². The summed E-state index contributed by atoms with van der Waals surface area (Å²) in [4.78, 5) is 30.5. The second-order valence-electron chi connectivity index (χ2n) is 6.53. The molecule has 6 heteroatoms. The van der Waals surface area contributed by atoms with Crippen LogP contribution in [0.4, 0.5) is 0 Å². The van der Waals surface area contributed by atoms with Crippen LogP contribution in [-0.4, -0.2) is 39.9 Å². The molecular formula is C20H21N3O2S. The number of imidazole rings is 1. The molecule has 134 valence electrons. The molecule has 1 N–H and O–H groups in total. The number of nitrogens with one attached hydrogen (secondary N) is 1. The number of aromatic amines is 1. The first-order valence-corrected chi connectivity index (χ1v) is 9.78. The summed E-state index contributed by atoms with van der Waals surface area (Å²) in [6.45, 7) is 2.63. The lowest BCUT2D eigenvalue weighted by Crippen LogP contribution is -2.32. The fourth-order valence-corrected chi connectivity index (χ4v) is 4.16. The Morgan fingerprint density at radius 1 is 1.19 bits per heavy atom. The van der Waals surface area contributed by atoms with Crippen molar-refractivity contribution in [3.63, 3.8) is 0 Å². The third kappa shape index (κ3) is 3.43. The van der Waals surface area contributed by atoms with Crippen molar-refractivity contribution in [1.82, 2.24) is 14.5 Å². The molecule has 0 fully saturated rings. The van der Waals surface area contributed by atoms with Crippen molar-refractivity contribution in [3.8, 4) is 0 Å². The van der Waals surface area contributed by atoms with E-state index in [0.717, 1.165) is 54.1 Å². The van der Waals surface area contributed by atoms with Crippen LogP contribution in [0.15, 0.2) is 52.6 Å². The summed E-state index contributed by atoms with van der Waals surface area (Å²) in [6.07, 6.45) is 4.43. The standard InChI is InChI=1S/C20H21N3O2S/c24-18(19-8-4-14-26-19)7-3-11-22-12-9-15(10-13-22)23-17-6-2-1-5-16(17)21-20(23)25/h1-2,4-6,8-9,14H,3,7,10-13H2,(H,21,25). The first-order chi connectivity index (χ1) is 12.7. The van der Waals surface area contributed by atoms with Gasteiger partial charge in [0.1, 0.15) is 0 Å². The number of Topliss-reactive ketones (excluding diaryl/α,β-unsaturated/α-hetero) is 1. The lowest BCUT2D eigenvalue weighted by atomic mass is 10.1. The average molecular weight is 367 g/mol. The Morgan fingerprint density at radius 3 is 2.85 bits per heavy atom. The van der Waals surface area contributed by atoms with Crippen LogP contribution in [0, 0.1) is 0 Å². The topological polar surface area (TPSA) is 58.1 Å². The van der Waals surface area contributed by atoms with E-state index in [9.17, 15) is 9.59 Å². The maximum atomic E-state index is 12.3. The van der Waals surface area contributed by atoms with Gasteiger partial charge in [-0.3, -0.25) is 14.3 Å². The Morgan fingerprint density at radius 2 is 2.08 bits per heavy atom. The number of rotatable bonds is 6. The molecule has 0 spiro atoms. The molecule has 26 heavy (non-hydrogen) atoms. The number of hydrogen-bond donors (Lipinski definition) is 1. The zero-order chi connectivity index (χ0) is 17.9. The molecule has 0 saturated heterocycles. The SMILES string of the molecule is O=C(CCCN1CC=C(n2c(=O)[nH]c3ccccc32)CC1)c1cccs1. The molecule has 1 aliphatic heterocycles. The van der Waals surface area contributed by atoms with E-state index in [0.29, 0.717) is 6.42 Å². The molecule has 3 aromatic rings. The maximum absolute atomic E-state index is 12.3. The zero-order valence-electron chi connectivity index (χ0n) is 14.5. The number of H-pyrrole nitrogens is 1. The fourth-order valence-electron chi connectivity index (χ4n) is 3.47. The van der Waals surface area contributed by atoms with Gasteiger partial charge in [-0.15, -0.1) is 11.3 Å². The lowest BCUT2D eigenvalue weighted by molar-refractivity contribution is 0.0979. The van der Waals surface area contributed by atoms with Crippen molar-refractivity contribution < 1.29 is 4.79 Å². The molecule has 0 atom stereocenters. The Bertz CT molecular complexity index is 998. The normalized spacial score (nSPS) is 15.3. The highest BCUT2D eigenvalue weighted by molar-refractivity contribution is 7.12. The molecule has 0 radical (unpaired) electrons. The molecule has 0 bridgehead atoms. The molecule has 4 rings (SSSR count). The molecule has 5 nitrogen and oxygen atoms in total. The van der Waals surface area contributed by atoms with Gasteiger partial charge >= 0.3 is 5.69 Å². The smallest absolute Gasteiger partial charge is 0.305 e. The zero-order valence-corrected chi connectivity index (χ0v) is 15.3. The number of aromatic nitrogens is 2. The molecule has 0 aliphatic carbocycles. The third-order valence-electron chi connectivity index (χ3n) is 4.82. The minimum absolute atomic E-state index is 0.0764. The van der Waals surface area contributed by atoms with Crippen molar-refractivity contribution >= 4 is 33.9 Å². The van der Waals surface area contributed by atoms with Crippen LogP contribution in [0.1, 0.15) is 28.9 Å². The van der Waals surface area contributed by atoms with E-state index in [1.807, 2.05) is 41.8 Å². The molecule has 0 amide bonds. The van der Waals surface area contributed by atoms with E-state index in [-0.39, 0.29) is 11.5 Å². The van der Waals surface area contributed by atoms with Crippen LogP contribution in [0.2, 0.25) is 0 Å². The monoisotopic (exact) mass is 367 g/mol. The van der Waals surface area contributed by atoms with Crippen molar-refractivity contribution in [2.45, 2.75) is 19.3 Å². The van der Waals surface area contributed by atoms with E-state index in [4.69, 9.17) is 0 Å². The summed E-state index contributed by atoms with van der Waals surface area (Å²) in [5, 5.41) is 1.94. The molecule has 3 heterocycles. The minimum atomic E-state index is -0.0764. The van der Waals surface area contributed by atoms with Gasteiger partial charge in [0.05, 0.1) is 15.9 Å². The number of nitrogens with zero attached hydrogens (tertiary/aromatic N) is 2. The van der Waals surface area contributed by atoms with Crippen molar-refractivity contribution in [3.05, 3.63) is 63.2 Å². The number of thiophene rings is 1. The predicted molar refractivity (Wildman–Crippen MR) is 106 cm³/mol. The second kappa shape index (κ2) is 7.43. The summed E-state index contributed by atoms with van der Waals surface area (Å²) >= 11 is 1.51. The Hall–Kier alpha value is -2.44. The number of hydrogen-bond acceptors (Lipinski definition) is 4. The maximum Gasteiger partial charge on any atom is 0.330 e. The van der Waals surface area contributed by atoms with Gasteiger partial charge in [-0.2, -0.15) is 0 Å². The first-order valence-electron chi connectivity index (χ1n) is 8.90. The van der Waals surface area contributed by atoms with Crippen molar-refractivity contribution in [1.29, 1.82) is 0 Å². The van der Waals surface area contributed by atoms with Crippen LogP contribution in [0.3, 0.4) is 0 Å². The largest absolute Gasteiger partial charge is 0.330 e. The van der Waals surface area contributed by atoms with Gasteiger partial charge in [0.15, 0.2) is 5.78 Å². The summed E-state index contributed by atoms with van der Waals surface area (Å²) in [7, 11) is 0. The van der Waals surface area contributed by atoms with Gasteiger partial charge in [-0.05, 0) is 36.5 Å². The van der Waals surface area contributed by atoms with Crippen LogP contribution < -0.4 is 5.69 Å². The van der Waals surface area contributed by atoms with E-state index in [1.165, 1.54) is 11.3 Å². The molecule has 0 unspecified atom stereocenters. The Balaban J connectivity index is 1.37. The van der Waals surface area contributed by atoms with Crippen LogP contribution in [-0.2, 0) is 0 Å². The highest BCUT2D eigenvalue weighted by Gasteiger charge is 2.17. The van der Waals surface area contributed by atoms with Crippen molar-refractivity contribution in [2.75, 3.05) is 19.6 Å². The number of fused-ring (bicyclic) bond motifs is 1. The van der Waals surface area contributed by atoms with E-state index in [1.54, 1.807) is 4.57 Å². The Kier molecular flexibility index (Phi) is 4.86. The minimum Gasteiger partial charge on any atom is -0.305 e. The number of carbonyl (C=O) groups excluding carboxylic acids is 1. The van der Waals surface area contributed by atoms with E-state index >= 15 is 0 Å². The van der Waals surface area contributed by atoms with Gasteiger partial charge < -0.3 is 4.98 Å². The quantitative estimate of drug-likeness (QED) is 0.677. The highest BCUT2D eigenvalue weighted by atomic mass is 32.1. The average Bonchev–Trinajstić information content (AvgIpc) is 3.29. The van der Waals surface area contributed by atoms with E-state index in [2.05, 4.69) is 16.0 Å². The summed E-state index contributed by atoms with van der Waals surface area (Å²) in [5.41, 5.74) is 2.78. The van der Waals surface area contributed by atoms with Crippen LogP contribution >= 0.6 is 11.3 Å². The molecule has 0 saturated carbocycles. The highest BCUT2D eigenvalue weighted by Crippen LogP contribution is 2.20. The third-order valence-corrected chi connectivity index (χ3v) is 5.73. The Labute approximate surface area is 155 Å². The molecule has 2 aromatic heterocycles. The lowest BCUT2D eigenvalue weighted by Gasteiger charge is -2.26. The molecule has 1 aliphatic rings. The van der Waals surface area contributed by atoms with Gasteiger partial charge in [0.25, 0.3) is 0 Å². The first kappa shape index (κ1) is 17.0. The summed E-state index contributed by atoms with van der Waals surface area (Å²) in [5.74, 6) is 0.235. The van der Waals surface area contributed by atoms with Gasteiger partial charge in [-0.25, -0.2) is 4.79 Å². The van der Waals surface area contributed by atoms with Gasteiger partial charge in [0.2, 0.25) is 0 Å². The van der Waals surface area contributed by atoms with Crippen LogP contribution in [0.5, 0.6) is 0 Å². The van der Waals surface area contributed by atoms with Gasteiger partial charge in [-0.1, -0.05) is 24.3 Å². The number of carbonyl (C=O) groups is 1.